The smallest absolute Gasteiger partial charge is 0.335 e. The lowest BCUT2D eigenvalue weighted by Gasteiger charge is -2.11. The van der Waals surface area contributed by atoms with Crippen LogP contribution in [0.2, 0.25) is 0 Å². The van der Waals surface area contributed by atoms with Crippen LogP contribution in [0.4, 0.5) is 0 Å². The second-order valence-electron chi connectivity index (χ2n) is 3.72. The van der Waals surface area contributed by atoms with Crippen molar-refractivity contribution in [1.29, 1.82) is 0 Å². The second kappa shape index (κ2) is 6.31. The van der Waals surface area contributed by atoms with Crippen molar-refractivity contribution in [1.82, 2.24) is 4.72 Å². The van der Waals surface area contributed by atoms with Crippen molar-refractivity contribution in [2.24, 2.45) is 5.73 Å². The summed E-state index contributed by atoms with van der Waals surface area (Å²) in [6.45, 7) is -0.579. The summed E-state index contributed by atoms with van der Waals surface area (Å²) >= 11 is 2.95. The number of rotatable bonds is 6. The molecule has 8 nitrogen and oxygen atoms in total. The summed E-state index contributed by atoms with van der Waals surface area (Å²) in [6, 6.07) is 3.33. The topological polar surface area (TPSA) is 147 Å². The van der Waals surface area contributed by atoms with E-state index in [1.807, 2.05) is 4.72 Å². The van der Waals surface area contributed by atoms with Gasteiger partial charge in [-0.25, -0.2) is 17.9 Å². The number of aliphatic hydroxyl groups excluding tert-OH is 1. The third-order valence-electron chi connectivity index (χ3n) is 2.26. The molecule has 0 aliphatic heterocycles. The number of carbonyl (C=O) groups excluding carboxylic acids is 1. The Morgan fingerprint density at radius 3 is 2.45 bits per heavy atom. The van der Waals surface area contributed by atoms with Gasteiger partial charge in [0.05, 0.1) is 10.5 Å². The lowest BCUT2D eigenvalue weighted by molar-refractivity contribution is -0.125. The number of benzene rings is 1. The van der Waals surface area contributed by atoms with E-state index in [4.69, 9.17) is 15.9 Å². The van der Waals surface area contributed by atoms with Gasteiger partial charge in [-0.1, -0.05) is 0 Å². The van der Waals surface area contributed by atoms with Gasteiger partial charge >= 0.3 is 5.97 Å². The number of amides is 1. The molecule has 0 fully saturated rings. The third kappa shape index (κ3) is 4.00. The maximum absolute atomic E-state index is 11.9. The molecule has 0 aliphatic rings. The molecule has 1 amide bonds. The minimum Gasteiger partial charge on any atom is -0.478 e. The van der Waals surface area contributed by atoms with E-state index in [0.29, 0.717) is 0 Å². The number of halogens is 1. The highest BCUT2D eigenvalue weighted by atomic mass is 79.9. The van der Waals surface area contributed by atoms with Gasteiger partial charge in [0.1, 0.15) is 6.10 Å². The SMILES string of the molecule is NC(=O)C(O)CNS(=O)(=O)c1ccc(C(=O)O)cc1Br. The summed E-state index contributed by atoms with van der Waals surface area (Å²) in [5.41, 5.74) is 4.70. The van der Waals surface area contributed by atoms with Gasteiger partial charge in [-0.2, -0.15) is 0 Å². The molecular formula is C10H11BrN2O6S. The Morgan fingerprint density at radius 2 is 2.00 bits per heavy atom. The van der Waals surface area contributed by atoms with Gasteiger partial charge < -0.3 is 15.9 Å². The van der Waals surface area contributed by atoms with Gasteiger partial charge in [-0.05, 0) is 34.1 Å². The first-order valence-corrected chi connectivity index (χ1v) is 7.42. The van der Waals surface area contributed by atoms with E-state index in [0.717, 1.165) is 18.2 Å². The molecule has 1 unspecified atom stereocenters. The fraction of sp³-hybridized carbons (Fsp3) is 0.200. The van der Waals surface area contributed by atoms with Crippen LogP contribution >= 0.6 is 15.9 Å². The molecule has 10 heteroatoms. The lowest BCUT2D eigenvalue weighted by atomic mass is 10.2. The Morgan fingerprint density at radius 1 is 1.40 bits per heavy atom. The zero-order valence-electron chi connectivity index (χ0n) is 9.91. The average molecular weight is 367 g/mol. The number of hydrogen-bond acceptors (Lipinski definition) is 5. The summed E-state index contributed by atoms with van der Waals surface area (Å²) in [6.07, 6.45) is -1.65. The molecule has 0 saturated carbocycles. The van der Waals surface area contributed by atoms with E-state index in [9.17, 15) is 18.0 Å². The number of carbonyl (C=O) groups is 2. The summed E-state index contributed by atoms with van der Waals surface area (Å²) in [5, 5.41) is 17.9. The van der Waals surface area contributed by atoms with E-state index >= 15 is 0 Å². The molecule has 0 aliphatic carbocycles. The predicted octanol–water partition coefficient (Wildman–Crippen LogP) is -0.728. The van der Waals surface area contributed by atoms with Gasteiger partial charge in [-0.3, -0.25) is 4.79 Å². The summed E-state index contributed by atoms with van der Waals surface area (Å²) in [4.78, 5) is 21.1. The van der Waals surface area contributed by atoms with Crippen LogP contribution in [-0.2, 0) is 14.8 Å². The zero-order chi connectivity index (χ0) is 15.5. The van der Waals surface area contributed by atoms with Crippen LogP contribution in [0.5, 0.6) is 0 Å². The van der Waals surface area contributed by atoms with E-state index in [-0.39, 0.29) is 14.9 Å². The van der Waals surface area contributed by atoms with Gasteiger partial charge in [0.2, 0.25) is 15.9 Å². The zero-order valence-corrected chi connectivity index (χ0v) is 12.3. The quantitative estimate of drug-likeness (QED) is 0.521. The Kier molecular flexibility index (Phi) is 5.22. The van der Waals surface area contributed by atoms with E-state index < -0.39 is 34.5 Å². The minimum absolute atomic E-state index is 0.0402. The van der Waals surface area contributed by atoms with Crippen LogP contribution in [0.3, 0.4) is 0 Å². The molecule has 0 spiro atoms. The number of sulfonamides is 1. The fourth-order valence-electron chi connectivity index (χ4n) is 1.22. The Bertz CT molecular complexity index is 645. The van der Waals surface area contributed by atoms with Gasteiger partial charge in [-0.15, -0.1) is 0 Å². The molecule has 0 radical (unpaired) electrons. The van der Waals surface area contributed by atoms with Crippen molar-refractivity contribution in [3.05, 3.63) is 28.2 Å². The first-order valence-electron chi connectivity index (χ1n) is 5.15. The lowest BCUT2D eigenvalue weighted by Crippen LogP contribution is -2.40. The molecule has 5 N–H and O–H groups in total. The molecule has 1 rings (SSSR count). The molecule has 110 valence electrons. The van der Waals surface area contributed by atoms with E-state index in [1.54, 1.807) is 0 Å². The number of nitrogens with two attached hydrogens (primary N) is 1. The second-order valence-corrected chi connectivity index (χ2v) is 6.31. The van der Waals surface area contributed by atoms with Crippen LogP contribution in [0.1, 0.15) is 10.4 Å². The Labute approximate surface area is 122 Å². The molecule has 1 atom stereocenters. The van der Waals surface area contributed by atoms with E-state index in [1.165, 1.54) is 0 Å². The van der Waals surface area contributed by atoms with Crippen LogP contribution in [0, 0.1) is 0 Å². The van der Waals surface area contributed by atoms with Gasteiger partial charge in [0.15, 0.2) is 0 Å². The summed E-state index contributed by atoms with van der Waals surface area (Å²) in [7, 11) is -4.02. The maximum Gasteiger partial charge on any atom is 0.335 e. The largest absolute Gasteiger partial charge is 0.478 e. The van der Waals surface area contributed by atoms with Crippen LogP contribution in [0.25, 0.3) is 0 Å². The number of aliphatic hydroxyl groups is 1. The molecule has 0 heterocycles. The highest BCUT2D eigenvalue weighted by Crippen LogP contribution is 2.23. The molecular weight excluding hydrogens is 356 g/mol. The molecule has 20 heavy (non-hydrogen) atoms. The van der Waals surface area contributed by atoms with Crippen molar-refractivity contribution < 1.29 is 28.2 Å². The van der Waals surface area contributed by atoms with Gasteiger partial charge in [0, 0.05) is 11.0 Å². The van der Waals surface area contributed by atoms with Gasteiger partial charge in [0.25, 0.3) is 0 Å². The third-order valence-corrected chi connectivity index (χ3v) is 4.66. The number of carboxylic acids is 1. The van der Waals surface area contributed by atoms with Crippen molar-refractivity contribution in [2.75, 3.05) is 6.54 Å². The molecule has 1 aromatic carbocycles. The molecule has 0 bridgehead atoms. The number of nitrogens with one attached hydrogen (secondary N) is 1. The number of primary amides is 1. The normalized spacial score (nSPS) is 12.9. The predicted molar refractivity (Wildman–Crippen MR) is 71.5 cm³/mol. The maximum atomic E-state index is 11.9. The first-order chi connectivity index (χ1) is 9.15. The van der Waals surface area contributed by atoms with Crippen LogP contribution in [0.15, 0.2) is 27.6 Å². The fourth-order valence-corrected chi connectivity index (χ4v) is 3.33. The number of hydrogen-bond donors (Lipinski definition) is 4. The average Bonchev–Trinajstić information content (AvgIpc) is 2.35. The van der Waals surface area contributed by atoms with Crippen molar-refractivity contribution in [3.63, 3.8) is 0 Å². The van der Waals surface area contributed by atoms with Crippen LogP contribution in [-0.4, -0.2) is 43.2 Å². The summed E-state index contributed by atoms with van der Waals surface area (Å²) < 4.78 is 25.8. The first kappa shape index (κ1) is 16.6. The Hall–Kier alpha value is -1.49. The van der Waals surface area contributed by atoms with Crippen molar-refractivity contribution >= 4 is 37.8 Å². The standard InChI is InChI=1S/C10H11BrN2O6S/c11-6-3-5(10(16)17)1-2-8(6)20(18,19)13-4-7(14)9(12)15/h1-3,7,13-14H,4H2,(H2,12,15)(H,16,17). The Balaban J connectivity index is 2.99. The minimum atomic E-state index is -4.02. The number of aromatic carboxylic acids is 1. The highest BCUT2D eigenvalue weighted by Gasteiger charge is 2.21. The molecule has 0 saturated heterocycles. The molecule has 1 aromatic rings. The number of carboxylic acid groups (broad SMARTS) is 1. The van der Waals surface area contributed by atoms with Crippen molar-refractivity contribution in [3.8, 4) is 0 Å². The molecule has 0 aromatic heterocycles. The van der Waals surface area contributed by atoms with E-state index in [2.05, 4.69) is 15.9 Å². The van der Waals surface area contributed by atoms with Crippen LogP contribution < -0.4 is 10.5 Å². The highest BCUT2D eigenvalue weighted by molar-refractivity contribution is 9.10. The monoisotopic (exact) mass is 366 g/mol. The van der Waals surface area contributed by atoms with Crippen molar-refractivity contribution in [2.45, 2.75) is 11.0 Å². The summed E-state index contributed by atoms with van der Waals surface area (Å²) in [5.74, 6) is -2.26.